The predicted octanol–water partition coefficient (Wildman–Crippen LogP) is 3.43. The molecule has 7 nitrogen and oxygen atoms in total. The number of aliphatic hydroxyl groups excluding tert-OH is 1. The highest BCUT2D eigenvalue weighted by molar-refractivity contribution is 5.93. The lowest BCUT2D eigenvalue weighted by Crippen LogP contribution is -2.25. The lowest BCUT2D eigenvalue weighted by atomic mass is 10.0. The number of fused-ring (bicyclic) bond motifs is 1. The van der Waals surface area contributed by atoms with Gasteiger partial charge in [-0.2, -0.15) is 18.3 Å². The Balaban J connectivity index is 1.99. The topological polar surface area (TPSA) is 85.8 Å². The Kier molecular flexibility index (Phi) is 5.10. The Morgan fingerprint density at radius 2 is 1.87 bits per heavy atom. The fourth-order valence-corrected chi connectivity index (χ4v) is 3.27. The van der Waals surface area contributed by atoms with E-state index < -0.39 is 17.8 Å². The largest absolute Gasteiger partial charge is 0.416 e. The van der Waals surface area contributed by atoms with Gasteiger partial charge in [-0.15, -0.1) is 0 Å². The minimum Gasteiger partial charge on any atom is -0.394 e. The van der Waals surface area contributed by atoms with Crippen LogP contribution in [-0.2, 0) is 13.2 Å². The highest BCUT2D eigenvalue weighted by atomic mass is 19.4. The normalized spacial score (nSPS) is 13.0. The van der Waals surface area contributed by atoms with Gasteiger partial charge in [0.15, 0.2) is 0 Å². The van der Waals surface area contributed by atoms with Crippen LogP contribution in [0.25, 0.3) is 33.4 Å². The van der Waals surface area contributed by atoms with Crippen LogP contribution in [0.15, 0.2) is 53.8 Å². The van der Waals surface area contributed by atoms with Gasteiger partial charge in [0.2, 0.25) is 0 Å². The van der Waals surface area contributed by atoms with Crippen LogP contribution in [0.2, 0.25) is 0 Å². The second kappa shape index (κ2) is 7.62. The molecule has 0 aliphatic heterocycles. The molecule has 3 aromatic heterocycles. The van der Waals surface area contributed by atoms with Crippen LogP contribution in [0.5, 0.6) is 0 Å². The molecular formula is C21H18F3N5O2. The van der Waals surface area contributed by atoms with Gasteiger partial charge in [0.05, 0.1) is 47.5 Å². The first-order valence-electron chi connectivity index (χ1n) is 9.38. The number of aromatic nitrogens is 5. The highest BCUT2D eigenvalue weighted by Gasteiger charge is 2.30. The molecule has 31 heavy (non-hydrogen) atoms. The Morgan fingerprint density at radius 1 is 1.16 bits per heavy atom. The van der Waals surface area contributed by atoms with E-state index in [2.05, 4.69) is 15.1 Å². The number of nitrogens with zero attached hydrogens (tertiary/aromatic N) is 5. The van der Waals surface area contributed by atoms with Crippen molar-refractivity contribution in [1.29, 1.82) is 0 Å². The van der Waals surface area contributed by atoms with Crippen molar-refractivity contribution in [2.45, 2.75) is 19.1 Å². The van der Waals surface area contributed by atoms with Crippen molar-refractivity contribution in [3.8, 4) is 22.5 Å². The third-order valence-electron chi connectivity index (χ3n) is 4.99. The van der Waals surface area contributed by atoms with Gasteiger partial charge in [-0.25, -0.2) is 9.97 Å². The number of aliphatic hydroxyl groups is 1. The monoisotopic (exact) mass is 429 g/mol. The summed E-state index contributed by atoms with van der Waals surface area (Å²) in [6.07, 6.45) is 0.147. The molecule has 1 atom stereocenters. The molecule has 0 aliphatic carbocycles. The number of hydrogen-bond donors (Lipinski definition) is 1. The molecule has 0 aliphatic rings. The van der Waals surface area contributed by atoms with Gasteiger partial charge >= 0.3 is 6.18 Å². The summed E-state index contributed by atoms with van der Waals surface area (Å²) in [7, 11) is 1.73. The van der Waals surface area contributed by atoms with E-state index >= 15 is 0 Å². The van der Waals surface area contributed by atoms with Crippen LogP contribution < -0.4 is 5.56 Å². The van der Waals surface area contributed by atoms with Gasteiger partial charge < -0.3 is 5.11 Å². The first-order chi connectivity index (χ1) is 14.7. The zero-order chi connectivity index (χ0) is 22.3. The number of halogens is 3. The average molecular weight is 429 g/mol. The van der Waals surface area contributed by atoms with E-state index in [0.717, 1.165) is 12.1 Å². The van der Waals surface area contributed by atoms with Gasteiger partial charge in [0.25, 0.3) is 5.56 Å². The Bertz CT molecular complexity index is 1310. The summed E-state index contributed by atoms with van der Waals surface area (Å²) in [6.45, 7) is 1.42. The molecule has 10 heteroatoms. The summed E-state index contributed by atoms with van der Waals surface area (Å²) in [5.74, 6) is 0. The van der Waals surface area contributed by atoms with Crippen molar-refractivity contribution in [2.75, 3.05) is 6.61 Å². The summed E-state index contributed by atoms with van der Waals surface area (Å²) >= 11 is 0. The quantitative estimate of drug-likeness (QED) is 0.537. The molecule has 3 heterocycles. The maximum atomic E-state index is 13.1. The fraction of sp³-hybridized carbons (Fsp3) is 0.238. The third kappa shape index (κ3) is 3.81. The van der Waals surface area contributed by atoms with E-state index in [1.165, 1.54) is 23.0 Å². The summed E-state index contributed by atoms with van der Waals surface area (Å²) in [5, 5.41) is 13.8. The van der Waals surface area contributed by atoms with Crippen LogP contribution in [0.3, 0.4) is 0 Å². The standard InChI is InChI=1S/C21H18F3N5O2/c1-12(10-30)29-11-25-19-16(20(29)31)7-17(14-8-26-28(2)9-14)27-18(19)13-3-5-15(6-4-13)21(22,23)24/h3-9,11-12,30H,10H2,1-2H3. The van der Waals surface area contributed by atoms with Crippen molar-refractivity contribution >= 4 is 10.9 Å². The molecule has 0 saturated heterocycles. The van der Waals surface area contributed by atoms with Gasteiger partial charge in [0.1, 0.15) is 5.52 Å². The number of rotatable bonds is 4. The van der Waals surface area contributed by atoms with Gasteiger partial charge in [-0.05, 0) is 25.1 Å². The van der Waals surface area contributed by atoms with Crippen LogP contribution in [0.1, 0.15) is 18.5 Å². The van der Waals surface area contributed by atoms with E-state index in [-0.39, 0.29) is 28.8 Å². The molecule has 0 bridgehead atoms. The maximum absolute atomic E-state index is 13.1. The predicted molar refractivity (Wildman–Crippen MR) is 108 cm³/mol. The van der Waals surface area contributed by atoms with Crippen molar-refractivity contribution < 1.29 is 18.3 Å². The maximum Gasteiger partial charge on any atom is 0.416 e. The number of benzene rings is 1. The first kappa shape index (κ1) is 20.7. The highest BCUT2D eigenvalue weighted by Crippen LogP contribution is 2.33. The summed E-state index contributed by atoms with van der Waals surface area (Å²) in [6, 6.07) is 5.63. The van der Waals surface area contributed by atoms with Gasteiger partial charge in [-0.1, -0.05) is 12.1 Å². The molecule has 1 N–H and O–H groups in total. The number of aryl methyl sites for hydroxylation is 1. The molecule has 1 unspecified atom stereocenters. The van der Waals surface area contributed by atoms with Crippen molar-refractivity contribution in [1.82, 2.24) is 24.3 Å². The molecule has 160 valence electrons. The molecule has 0 saturated carbocycles. The zero-order valence-electron chi connectivity index (χ0n) is 16.6. The SMILES string of the molecule is CC(CO)n1cnc2c(-c3ccc(C(F)(F)F)cc3)nc(-c3cnn(C)c3)cc2c1=O. The number of alkyl halides is 3. The van der Waals surface area contributed by atoms with Crippen LogP contribution in [0, 0.1) is 0 Å². The van der Waals surface area contributed by atoms with Crippen LogP contribution in [-0.4, -0.2) is 36.0 Å². The second-order valence-electron chi connectivity index (χ2n) is 7.22. The minimum absolute atomic E-state index is 0.242. The molecule has 0 amide bonds. The number of hydrogen-bond acceptors (Lipinski definition) is 5. The molecule has 1 aromatic carbocycles. The van der Waals surface area contributed by atoms with E-state index in [4.69, 9.17) is 0 Å². The fourth-order valence-electron chi connectivity index (χ4n) is 3.27. The Hall–Kier alpha value is -3.53. The van der Waals surface area contributed by atoms with Crippen molar-refractivity contribution in [2.24, 2.45) is 7.05 Å². The van der Waals surface area contributed by atoms with E-state index in [9.17, 15) is 23.1 Å². The van der Waals surface area contributed by atoms with Crippen molar-refractivity contribution in [3.63, 3.8) is 0 Å². The molecule has 4 aromatic rings. The zero-order valence-corrected chi connectivity index (χ0v) is 16.6. The lowest BCUT2D eigenvalue weighted by Gasteiger charge is -2.14. The molecule has 0 spiro atoms. The molecule has 0 radical (unpaired) electrons. The van der Waals surface area contributed by atoms with E-state index in [0.29, 0.717) is 16.8 Å². The lowest BCUT2D eigenvalue weighted by molar-refractivity contribution is -0.137. The van der Waals surface area contributed by atoms with Gasteiger partial charge in [-0.3, -0.25) is 14.0 Å². The van der Waals surface area contributed by atoms with Crippen LogP contribution >= 0.6 is 0 Å². The smallest absolute Gasteiger partial charge is 0.394 e. The second-order valence-corrected chi connectivity index (χ2v) is 7.22. The van der Waals surface area contributed by atoms with E-state index in [1.54, 1.807) is 37.1 Å². The molecule has 0 fully saturated rings. The Labute approximate surface area is 174 Å². The third-order valence-corrected chi connectivity index (χ3v) is 4.99. The summed E-state index contributed by atoms with van der Waals surface area (Å²) < 4.78 is 41.8. The van der Waals surface area contributed by atoms with Crippen molar-refractivity contribution in [3.05, 3.63) is 65.0 Å². The average Bonchev–Trinajstić information content (AvgIpc) is 3.19. The molecule has 4 rings (SSSR count). The number of pyridine rings is 1. The minimum atomic E-state index is -4.46. The Morgan fingerprint density at radius 3 is 2.45 bits per heavy atom. The summed E-state index contributed by atoms with van der Waals surface area (Å²) in [4.78, 5) is 22.0. The van der Waals surface area contributed by atoms with E-state index in [1.807, 2.05) is 0 Å². The molecular weight excluding hydrogens is 411 g/mol. The van der Waals surface area contributed by atoms with Crippen LogP contribution in [0.4, 0.5) is 13.2 Å². The summed E-state index contributed by atoms with van der Waals surface area (Å²) in [5.41, 5.74) is 0.850. The van der Waals surface area contributed by atoms with Gasteiger partial charge in [0, 0.05) is 24.4 Å². The first-order valence-corrected chi connectivity index (χ1v) is 9.38.